The number of benzene rings is 1. The van der Waals surface area contributed by atoms with Crippen LogP contribution in [0.1, 0.15) is 33.1 Å². The highest BCUT2D eigenvalue weighted by Gasteiger charge is 2.22. The van der Waals surface area contributed by atoms with E-state index < -0.39 is 0 Å². The number of nitrogens with zero attached hydrogens (tertiary/aromatic N) is 2. The lowest BCUT2D eigenvalue weighted by Gasteiger charge is -2.37. The Bertz CT molecular complexity index is 675. The van der Waals surface area contributed by atoms with Gasteiger partial charge in [-0.1, -0.05) is 25.4 Å². The first-order valence-corrected chi connectivity index (χ1v) is 9.66. The standard InChI is InChI=1S/C18H25ClN4O2S/c1-3-5-17(25)23-10-8-22(9-11-23)15-7-6-13(19)12-14(15)20-18(26)21-16(24)4-2/h6-7,12H,3-5,8-11H2,1-2H3,(H2,20,21,24,26). The average Bonchev–Trinajstić information content (AvgIpc) is 2.62. The number of nitrogens with one attached hydrogen (secondary N) is 2. The molecular weight excluding hydrogens is 372 g/mol. The van der Waals surface area contributed by atoms with Gasteiger partial charge in [0.05, 0.1) is 11.4 Å². The van der Waals surface area contributed by atoms with E-state index in [-0.39, 0.29) is 16.9 Å². The summed E-state index contributed by atoms with van der Waals surface area (Å²) in [6.45, 7) is 6.64. The monoisotopic (exact) mass is 396 g/mol. The van der Waals surface area contributed by atoms with E-state index in [1.165, 1.54) is 0 Å². The minimum atomic E-state index is -0.144. The van der Waals surface area contributed by atoms with Crippen LogP contribution in [0.4, 0.5) is 11.4 Å². The van der Waals surface area contributed by atoms with Gasteiger partial charge < -0.3 is 20.4 Å². The summed E-state index contributed by atoms with van der Waals surface area (Å²) in [6.07, 6.45) is 1.82. The molecule has 1 aliphatic rings. The van der Waals surface area contributed by atoms with Crippen LogP contribution < -0.4 is 15.5 Å². The maximum absolute atomic E-state index is 12.0. The van der Waals surface area contributed by atoms with Crippen LogP contribution in [-0.4, -0.2) is 48.0 Å². The molecule has 1 aliphatic heterocycles. The van der Waals surface area contributed by atoms with E-state index in [0.29, 0.717) is 31.0 Å². The molecule has 1 saturated heterocycles. The number of thiocarbonyl (C=S) groups is 1. The molecule has 0 aliphatic carbocycles. The smallest absolute Gasteiger partial charge is 0.225 e. The molecule has 0 bridgehead atoms. The summed E-state index contributed by atoms with van der Waals surface area (Å²) in [6, 6.07) is 5.54. The van der Waals surface area contributed by atoms with Gasteiger partial charge in [-0.25, -0.2) is 0 Å². The highest BCUT2D eigenvalue weighted by molar-refractivity contribution is 7.80. The first-order chi connectivity index (χ1) is 12.4. The van der Waals surface area contributed by atoms with Gasteiger partial charge in [0.15, 0.2) is 5.11 Å². The molecule has 0 aromatic heterocycles. The molecule has 0 radical (unpaired) electrons. The van der Waals surface area contributed by atoms with Gasteiger partial charge in [-0.3, -0.25) is 9.59 Å². The van der Waals surface area contributed by atoms with Crippen LogP contribution in [0.2, 0.25) is 5.02 Å². The summed E-state index contributed by atoms with van der Waals surface area (Å²) in [5.74, 6) is 0.0687. The number of piperazine rings is 1. The van der Waals surface area contributed by atoms with Crippen LogP contribution in [0.3, 0.4) is 0 Å². The third-order valence-corrected chi connectivity index (χ3v) is 4.66. The normalized spacial score (nSPS) is 14.1. The molecule has 0 atom stereocenters. The summed E-state index contributed by atoms with van der Waals surface area (Å²) in [5, 5.41) is 6.52. The second kappa shape index (κ2) is 9.73. The Hall–Kier alpha value is -1.86. The molecule has 6 nitrogen and oxygen atoms in total. The summed E-state index contributed by atoms with van der Waals surface area (Å²) in [7, 11) is 0. The number of rotatable bonds is 5. The molecule has 1 aromatic rings. The molecular formula is C18H25ClN4O2S. The molecule has 2 amide bonds. The fourth-order valence-electron chi connectivity index (χ4n) is 2.82. The number of hydrogen-bond acceptors (Lipinski definition) is 4. The Balaban J connectivity index is 2.07. The zero-order chi connectivity index (χ0) is 19.1. The highest BCUT2D eigenvalue weighted by atomic mass is 35.5. The Labute approximate surface area is 164 Å². The first kappa shape index (κ1) is 20.5. The summed E-state index contributed by atoms with van der Waals surface area (Å²) >= 11 is 11.3. The van der Waals surface area contributed by atoms with Crippen molar-refractivity contribution >= 4 is 52.1 Å². The van der Waals surface area contributed by atoms with Crippen molar-refractivity contribution in [3.8, 4) is 0 Å². The van der Waals surface area contributed by atoms with Crippen molar-refractivity contribution in [1.29, 1.82) is 0 Å². The SMILES string of the molecule is CCCC(=O)N1CCN(c2ccc(Cl)cc2NC(=S)NC(=O)CC)CC1. The lowest BCUT2D eigenvalue weighted by molar-refractivity contribution is -0.131. The Morgan fingerprint density at radius 3 is 2.50 bits per heavy atom. The predicted octanol–water partition coefficient (Wildman–Crippen LogP) is 3.01. The Morgan fingerprint density at radius 1 is 1.19 bits per heavy atom. The first-order valence-electron chi connectivity index (χ1n) is 8.87. The maximum atomic E-state index is 12.0. The van der Waals surface area contributed by atoms with Crippen molar-refractivity contribution in [2.45, 2.75) is 33.1 Å². The molecule has 0 unspecified atom stereocenters. The molecule has 26 heavy (non-hydrogen) atoms. The largest absolute Gasteiger partial charge is 0.366 e. The van der Waals surface area contributed by atoms with Gasteiger partial charge in [0.2, 0.25) is 11.8 Å². The van der Waals surface area contributed by atoms with Gasteiger partial charge in [0, 0.05) is 44.0 Å². The van der Waals surface area contributed by atoms with Crippen LogP contribution in [-0.2, 0) is 9.59 Å². The molecule has 2 rings (SSSR count). The van der Waals surface area contributed by atoms with Gasteiger partial charge in [0.1, 0.15) is 0 Å². The van der Waals surface area contributed by atoms with E-state index in [9.17, 15) is 9.59 Å². The van der Waals surface area contributed by atoms with Gasteiger partial charge >= 0.3 is 0 Å². The van der Waals surface area contributed by atoms with E-state index in [0.717, 1.165) is 30.9 Å². The van der Waals surface area contributed by atoms with Crippen molar-refractivity contribution < 1.29 is 9.59 Å². The van der Waals surface area contributed by atoms with Crippen molar-refractivity contribution in [2.24, 2.45) is 0 Å². The molecule has 1 heterocycles. The van der Waals surface area contributed by atoms with Crippen LogP contribution in [0, 0.1) is 0 Å². The number of anilines is 2. The molecule has 1 fully saturated rings. The predicted molar refractivity (Wildman–Crippen MR) is 110 cm³/mol. The van der Waals surface area contributed by atoms with Crippen molar-refractivity contribution in [3.05, 3.63) is 23.2 Å². The molecule has 0 spiro atoms. The zero-order valence-corrected chi connectivity index (χ0v) is 16.8. The fourth-order valence-corrected chi connectivity index (χ4v) is 3.22. The fraction of sp³-hybridized carbons (Fsp3) is 0.500. The van der Waals surface area contributed by atoms with E-state index >= 15 is 0 Å². The molecule has 2 N–H and O–H groups in total. The van der Waals surface area contributed by atoms with E-state index in [4.69, 9.17) is 23.8 Å². The third-order valence-electron chi connectivity index (χ3n) is 4.22. The van der Waals surface area contributed by atoms with E-state index in [1.54, 1.807) is 13.0 Å². The topological polar surface area (TPSA) is 64.7 Å². The summed E-state index contributed by atoms with van der Waals surface area (Å²) < 4.78 is 0. The average molecular weight is 397 g/mol. The van der Waals surface area contributed by atoms with Crippen molar-refractivity contribution in [2.75, 3.05) is 36.4 Å². The number of amides is 2. The second-order valence-electron chi connectivity index (χ2n) is 6.14. The minimum absolute atomic E-state index is 0.144. The lowest BCUT2D eigenvalue weighted by Crippen LogP contribution is -2.49. The van der Waals surface area contributed by atoms with Crippen molar-refractivity contribution in [1.82, 2.24) is 10.2 Å². The number of carbonyl (C=O) groups excluding carboxylic acids is 2. The van der Waals surface area contributed by atoms with Crippen LogP contribution in [0.15, 0.2) is 18.2 Å². The molecule has 1 aromatic carbocycles. The van der Waals surface area contributed by atoms with Gasteiger partial charge in [0.25, 0.3) is 0 Å². The lowest BCUT2D eigenvalue weighted by atomic mass is 10.2. The molecule has 8 heteroatoms. The van der Waals surface area contributed by atoms with E-state index in [1.807, 2.05) is 24.0 Å². The number of halogens is 1. The highest BCUT2D eigenvalue weighted by Crippen LogP contribution is 2.30. The Morgan fingerprint density at radius 2 is 1.88 bits per heavy atom. The van der Waals surface area contributed by atoms with Crippen LogP contribution >= 0.6 is 23.8 Å². The van der Waals surface area contributed by atoms with Gasteiger partial charge in [-0.05, 0) is 36.8 Å². The zero-order valence-electron chi connectivity index (χ0n) is 15.2. The number of hydrogen-bond donors (Lipinski definition) is 2. The van der Waals surface area contributed by atoms with Crippen molar-refractivity contribution in [3.63, 3.8) is 0 Å². The van der Waals surface area contributed by atoms with E-state index in [2.05, 4.69) is 15.5 Å². The van der Waals surface area contributed by atoms with Crippen LogP contribution in [0.25, 0.3) is 0 Å². The van der Waals surface area contributed by atoms with Gasteiger partial charge in [-0.2, -0.15) is 0 Å². The van der Waals surface area contributed by atoms with Gasteiger partial charge in [-0.15, -0.1) is 0 Å². The third kappa shape index (κ3) is 5.57. The maximum Gasteiger partial charge on any atom is 0.225 e. The Kier molecular flexibility index (Phi) is 7.66. The minimum Gasteiger partial charge on any atom is -0.366 e. The number of carbonyl (C=O) groups is 2. The summed E-state index contributed by atoms with van der Waals surface area (Å²) in [4.78, 5) is 27.7. The second-order valence-corrected chi connectivity index (χ2v) is 6.98. The molecule has 142 valence electrons. The quantitative estimate of drug-likeness (QED) is 0.749. The molecule has 0 saturated carbocycles. The van der Waals surface area contributed by atoms with Crippen LogP contribution in [0.5, 0.6) is 0 Å². The summed E-state index contributed by atoms with van der Waals surface area (Å²) in [5.41, 5.74) is 1.69.